The van der Waals surface area contributed by atoms with Crippen molar-refractivity contribution < 1.29 is 9.13 Å². The van der Waals surface area contributed by atoms with Crippen LogP contribution < -0.4 is 10.1 Å². The van der Waals surface area contributed by atoms with E-state index < -0.39 is 0 Å². The van der Waals surface area contributed by atoms with Crippen LogP contribution in [0.1, 0.15) is 29.5 Å². The van der Waals surface area contributed by atoms with Crippen LogP contribution in [0.2, 0.25) is 0 Å². The van der Waals surface area contributed by atoms with Gasteiger partial charge in [0, 0.05) is 10.4 Å². The molecule has 5 heteroatoms. The Kier molecular flexibility index (Phi) is 4.22. The lowest BCUT2D eigenvalue weighted by Gasteiger charge is -2.37. The predicted molar refractivity (Wildman–Crippen MR) is 98.0 cm³/mol. The highest BCUT2D eigenvalue weighted by atomic mass is 79.9. The van der Waals surface area contributed by atoms with Crippen LogP contribution in [-0.2, 0) is 0 Å². The molecular weight excluding hydrogens is 383 g/mol. The van der Waals surface area contributed by atoms with E-state index >= 15 is 0 Å². The van der Waals surface area contributed by atoms with Crippen LogP contribution in [0.4, 0.5) is 10.1 Å². The van der Waals surface area contributed by atoms with Crippen molar-refractivity contribution in [3.63, 3.8) is 0 Å². The third-order valence-electron chi connectivity index (χ3n) is 4.93. The molecule has 0 radical (unpaired) electrons. The van der Waals surface area contributed by atoms with Crippen molar-refractivity contribution in [3.8, 4) is 11.8 Å². The molecule has 2 aromatic rings. The molecule has 0 bridgehead atoms. The highest BCUT2D eigenvalue weighted by molar-refractivity contribution is 9.10. The first-order valence-electron chi connectivity index (χ1n) is 8.19. The minimum Gasteiger partial charge on any atom is -0.479 e. The number of halogens is 2. The minimum absolute atomic E-state index is 0.0309. The van der Waals surface area contributed by atoms with Crippen molar-refractivity contribution in [2.75, 3.05) is 11.9 Å². The van der Waals surface area contributed by atoms with Gasteiger partial charge >= 0.3 is 0 Å². The number of anilines is 1. The lowest BCUT2D eigenvalue weighted by atomic mass is 9.77. The number of hydrogen-bond donors (Lipinski definition) is 1. The topological polar surface area (TPSA) is 45.0 Å². The van der Waals surface area contributed by atoms with Gasteiger partial charge in [-0.3, -0.25) is 0 Å². The Morgan fingerprint density at radius 1 is 1.28 bits per heavy atom. The molecule has 3 atom stereocenters. The molecule has 2 aromatic carbocycles. The van der Waals surface area contributed by atoms with Gasteiger partial charge in [-0.1, -0.05) is 40.2 Å². The van der Waals surface area contributed by atoms with Gasteiger partial charge in [-0.25, -0.2) is 4.39 Å². The number of ether oxygens (including phenoxy) is 1. The molecular formula is C20H16BrFN2O. The molecule has 0 spiro atoms. The zero-order valence-corrected chi connectivity index (χ0v) is 15.0. The zero-order chi connectivity index (χ0) is 17.4. The molecule has 126 valence electrons. The average molecular weight is 399 g/mol. The van der Waals surface area contributed by atoms with Crippen LogP contribution in [0.3, 0.4) is 0 Å². The van der Waals surface area contributed by atoms with Gasteiger partial charge in [0.2, 0.25) is 0 Å². The number of nitriles is 1. The first-order chi connectivity index (χ1) is 12.2. The largest absolute Gasteiger partial charge is 0.479 e. The molecule has 4 rings (SSSR count). The van der Waals surface area contributed by atoms with Gasteiger partial charge in [-0.05, 0) is 47.7 Å². The summed E-state index contributed by atoms with van der Waals surface area (Å²) in [5.41, 5.74) is 2.69. The maximum Gasteiger partial charge on any atom is 0.174 e. The highest BCUT2D eigenvalue weighted by Gasteiger charge is 2.39. The second-order valence-electron chi connectivity index (χ2n) is 6.34. The lowest BCUT2D eigenvalue weighted by molar-refractivity contribution is 0.367. The summed E-state index contributed by atoms with van der Waals surface area (Å²) in [5, 5.41) is 12.0. The molecule has 1 aliphatic carbocycles. The molecule has 0 aromatic heterocycles. The number of allylic oxidation sites excluding steroid dienone is 2. The molecule has 0 fully saturated rings. The Balaban J connectivity index is 1.68. The predicted octanol–water partition coefficient (Wildman–Crippen LogP) is 5.32. The van der Waals surface area contributed by atoms with Gasteiger partial charge in [-0.15, -0.1) is 0 Å². The third-order valence-corrected chi connectivity index (χ3v) is 5.39. The Hall–Kier alpha value is -2.32. The number of nitrogens with one attached hydrogen (secondary N) is 1. The van der Waals surface area contributed by atoms with Gasteiger partial charge in [-0.2, -0.15) is 5.26 Å². The van der Waals surface area contributed by atoms with Crippen molar-refractivity contribution in [3.05, 3.63) is 70.0 Å². The zero-order valence-electron chi connectivity index (χ0n) is 13.4. The second kappa shape index (κ2) is 6.53. The van der Waals surface area contributed by atoms with E-state index in [0.29, 0.717) is 17.4 Å². The molecule has 3 nitrogen and oxygen atoms in total. The number of benzene rings is 2. The fraction of sp³-hybridized carbons (Fsp3) is 0.250. The van der Waals surface area contributed by atoms with Gasteiger partial charge < -0.3 is 10.1 Å². The molecule has 0 amide bonds. The first-order valence-corrected chi connectivity index (χ1v) is 8.98. The summed E-state index contributed by atoms with van der Waals surface area (Å²) in [7, 11) is 0. The van der Waals surface area contributed by atoms with E-state index in [4.69, 9.17) is 10.00 Å². The maximum atomic E-state index is 14.5. The Labute approximate surface area is 154 Å². The third kappa shape index (κ3) is 2.91. The van der Waals surface area contributed by atoms with Crippen molar-refractivity contribution in [1.82, 2.24) is 0 Å². The SMILES string of the molecule is N#CCOc1ccc([C@H]2Nc3c(F)cc(Br)cc3[C@H]3C=CC[C@H]32)cc1. The van der Waals surface area contributed by atoms with Crippen LogP contribution in [0.15, 0.2) is 53.0 Å². The van der Waals surface area contributed by atoms with E-state index in [1.165, 1.54) is 6.07 Å². The lowest BCUT2D eigenvalue weighted by Crippen LogP contribution is -2.29. The molecule has 1 heterocycles. The molecule has 0 saturated heterocycles. The summed E-state index contributed by atoms with van der Waals surface area (Å²) in [6.45, 7) is 0.0309. The van der Waals surface area contributed by atoms with Crippen molar-refractivity contribution in [2.24, 2.45) is 5.92 Å². The molecule has 2 aliphatic rings. The molecule has 1 aliphatic heterocycles. The molecule has 0 unspecified atom stereocenters. The summed E-state index contributed by atoms with van der Waals surface area (Å²) < 4.78 is 20.6. The number of nitrogens with zero attached hydrogens (tertiary/aromatic N) is 1. The van der Waals surface area contributed by atoms with Crippen LogP contribution >= 0.6 is 15.9 Å². The summed E-state index contributed by atoms with van der Waals surface area (Å²) in [6.07, 6.45) is 5.33. The van der Waals surface area contributed by atoms with E-state index in [1.807, 2.05) is 36.4 Å². The van der Waals surface area contributed by atoms with Gasteiger partial charge in [0.1, 0.15) is 17.6 Å². The monoisotopic (exact) mass is 398 g/mol. The summed E-state index contributed by atoms with van der Waals surface area (Å²) in [5.74, 6) is 0.995. The number of rotatable bonds is 3. The molecule has 0 saturated carbocycles. The van der Waals surface area contributed by atoms with E-state index in [1.54, 1.807) is 0 Å². The van der Waals surface area contributed by atoms with Crippen molar-refractivity contribution in [2.45, 2.75) is 18.4 Å². The Morgan fingerprint density at radius 2 is 2.08 bits per heavy atom. The average Bonchev–Trinajstić information content (AvgIpc) is 3.10. The van der Waals surface area contributed by atoms with E-state index in [0.717, 1.165) is 22.0 Å². The second-order valence-corrected chi connectivity index (χ2v) is 7.26. The molecule has 1 N–H and O–H groups in total. The van der Waals surface area contributed by atoms with E-state index in [2.05, 4.69) is 33.4 Å². The fourth-order valence-electron chi connectivity index (χ4n) is 3.84. The van der Waals surface area contributed by atoms with E-state index in [9.17, 15) is 4.39 Å². The highest BCUT2D eigenvalue weighted by Crippen LogP contribution is 2.51. The van der Waals surface area contributed by atoms with Gasteiger partial charge in [0.25, 0.3) is 0 Å². The van der Waals surface area contributed by atoms with Crippen LogP contribution in [0.5, 0.6) is 5.75 Å². The Morgan fingerprint density at radius 3 is 2.84 bits per heavy atom. The van der Waals surface area contributed by atoms with E-state index in [-0.39, 0.29) is 24.4 Å². The van der Waals surface area contributed by atoms with Gasteiger partial charge in [0.05, 0.1) is 11.7 Å². The summed E-state index contributed by atoms with van der Waals surface area (Å²) >= 11 is 3.40. The quantitative estimate of drug-likeness (QED) is 0.711. The van der Waals surface area contributed by atoms with Crippen LogP contribution in [-0.4, -0.2) is 6.61 Å². The maximum absolute atomic E-state index is 14.5. The number of hydrogen-bond acceptors (Lipinski definition) is 3. The van der Waals surface area contributed by atoms with Crippen LogP contribution in [0.25, 0.3) is 0 Å². The Bertz CT molecular complexity index is 873. The standard InChI is InChI=1S/C20H16BrFN2O/c21-13-10-17-15-2-1-3-16(15)19(24-20(17)18(22)11-13)12-4-6-14(7-5-12)25-9-8-23/h1-2,4-7,10-11,15-16,19,24H,3,9H2/t15-,16+,19+/m0/s1. The van der Waals surface area contributed by atoms with Crippen molar-refractivity contribution in [1.29, 1.82) is 5.26 Å². The number of fused-ring (bicyclic) bond motifs is 3. The smallest absolute Gasteiger partial charge is 0.174 e. The fourth-order valence-corrected chi connectivity index (χ4v) is 4.29. The summed E-state index contributed by atoms with van der Waals surface area (Å²) in [6, 6.07) is 13.2. The summed E-state index contributed by atoms with van der Waals surface area (Å²) in [4.78, 5) is 0. The molecule has 25 heavy (non-hydrogen) atoms. The first kappa shape index (κ1) is 16.2. The van der Waals surface area contributed by atoms with Crippen LogP contribution in [0, 0.1) is 23.1 Å². The minimum atomic E-state index is -0.234. The normalized spacial score (nSPS) is 23.3. The van der Waals surface area contributed by atoms with Crippen molar-refractivity contribution >= 4 is 21.6 Å². The van der Waals surface area contributed by atoms with Gasteiger partial charge in [0.15, 0.2) is 6.61 Å².